The Bertz CT molecular complexity index is 2780. The molecule has 0 aromatic heterocycles. The average molecular weight is 706 g/mol. The quantitative estimate of drug-likeness (QED) is 0.156. The molecule has 3 aliphatic rings. The van der Waals surface area contributed by atoms with E-state index in [1.54, 1.807) is 0 Å². The molecule has 0 bridgehead atoms. The van der Waals surface area contributed by atoms with Crippen molar-refractivity contribution in [3.8, 4) is 33.4 Å². The zero-order chi connectivity index (χ0) is 37.5. The molecule has 264 valence electrons. The lowest BCUT2D eigenvalue weighted by Gasteiger charge is -2.33. The summed E-state index contributed by atoms with van der Waals surface area (Å²) in [6.07, 6.45) is 6.21. The molecule has 0 radical (unpaired) electrons. The van der Waals surface area contributed by atoms with E-state index >= 15 is 0 Å². The highest BCUT2D eigenvalue weighted by Crippen LogP contribution is 2.63. The maximum Gasteiger partial charge on any atom is 0.0686 e. The molecule has 55 heavy (non-hydrogen) atoms. The molecule has 0 N–H and O–H groups in total. The van der Waals surface area contributed by atoms with Crippen LogP contribution in [0.25, 0.3) is 39.0 Å². The molecular weight excluding hydrogens is 663 g/mol. The minimum absolute atomic E-state index is 0.126. The Morgan fingerprint density at radius 3 is 1.76 bits per heavy atom. The molecule has 0 amide bonds. The molecule has 7 aromatic rings. The second-order valence-corrected chi connectivity index (χ2v) is 15.8. The third-order valence-electron chi connectivity index (χ3n) is 12.6. The molecule has 1 heteroatoms. The number of aryl methyl sites for hydroxylation is 1. The second-order valence-electron chi connectivity index (χ2n) is 15.8. The van der Waals surface area contributed by atoms with Crippen molar-refractivity contribution in [3.05, 3.63) is 227 Å². The predicted molar refractivity (Wildman–Crippen MR) is 233 cm³/mol. The van der Waals surface area contributed by atoms with Crippen molar-refractivity contribution in [2.75, 3.05) is 4.90 Å². The highest BCUT2D eigenvalue weighted by Gasteiger charge is 2.51. The summed E-state index contributed by atoms with van der Waals surface area (Å²) in [5.41, 5.74) is 22.5. The van der Waals surface area contributed by atoms with Crippen molar-refractivity contribution in [3.63, 3.8) is 0 Å². The summed E-state index contributed by atoms with van der Waals surface area (Å²) >= 11 is 0. The van der Waals surface area contributed by atoms with E-state index in [0.717, 1.165) is 17.1 Å². The van der Waals surface area contributed by atoms with E-state index in [0.29, 0.717) is 0 Å². The first-order valence-corrected chi connectivity index (χ1v) is 19.4. The van der Waals surface area contributed by atoms with Crippen LogP contribution in [-0.4, -0.2) is 0 Å². The molecule has 10 rings (SSSR count). The maximum atomic E-state index is 4.02. The topological polar surface area (TPSA) is 3.24 Å². The minimum Gasteiger partial charge on any atom is -0.310 e. The van der Waals surface area contributed by atoms with Gasteiger partial charge >= 0.3 is 0 Å². The number of rotatable bonds is 6. The van der Waals surface area contributed by atoms with Crippen LogP contribution < -0.4 is 4.90 Å². The van der Waals surface area contributed by atoms with E-state index in [4.69, 9.17) is 0 Å². The highest BCUT2D eigenvalue weighted by molar-refractivity contribution is 5.98. The van der Waals surface area contributed by atoms with Crippen LogP contribution in [0.15, 0.2) is 188 Å². The Morgan fingerprint density at radius 1 is 0.491 bits per heavy atom. The molecule has 1 unspecified atom stereocenters. The van der Waals surface area contributed by atoms with Gasteiger partial charge in [-0.1, -0.05) is 172 Å². The van der Waals surface area contributed by atoms with E-state index in [9.17, 15) is 0 Å². The summed E-state index contributed by atoms with van der Waals surface area (Å²) < 4.78 is 0. The van der Waals surface area contributed by atoms with Crippen molar-refractivity contribution in [1.29, 1.82) is 0 Å². The zero-order valence-corrected chi connectivity index (χ0v) is 31.9. The third-order valence-corrected chi connectivity index (χ3v) is 12.6. The van der Waals surface area contributed by atoms with E-state index in [1.165, 1.54) is 83.5 Å². The van der Waals surface area contributed by atoms with Gasteiger partial charge in [0.15, 0.2) is 0 Å². The van der Waals surface area contributed by atoms with E-state index in [-0.39, 0.29) is 5.41 Å². The first kappa shape index (κ1) is 33.2. The van der Waals surface area contributed by atoms with Crippen LogP contribution >= 0.6 is 0 Å². The molecule has 7 aromatic carbocycles. The van der Waals surface area contributed by atoms with E-state index < -0.39 is 5.41 Å². The van der Waals surface area contributed by atoms with E-state index in [1.807, 2.05) is 6.08 Å². The van der Waals surface area contributed by atoms with Crippen LogP contribution in [0.2, 0.25) is 0 Å². The largest absolute Gasteiger partial charge is 0.310 e. The van der Waals surface area contributed by atoms with Gasteiger partial charge in [0.1, 0.15) is 0 Å². The lowest BCUT2D eigenvalue weighted by Crippen LogP contribution is -2.26. The average Bonchev–Trinajstić information content (AvgIpc) is 3.74. The summed E-state index contributed by atoms with van der Waals surface area (Å²) in [7, 11) is 0. The van der Waals surface area contributed by atoms with Gasteiger partial charge in [-0.05, 0) is 117 Å². The number of hydrogen-bond acceptors (Lipinski definition) is 1. The van der Waals surface area contributed by atoms with Crippen molar-refractivity contribution in [2.45, 2.75) is 38.5 Å². The number of allylic oxidation sites excluding steroid dienone is 5. The molecule has 0 aliphatic heterocycles. The zero-order valence-electron chi connectivity index (χ0n) is 31.9. The lowest BCUT2D eigenvalue weighted by molar-refractivity contribution is 0.660. The minimum atomic E-state index is -0.434. The van der Waals surface area contributed by atoms with Crippen molar-refractivity contribution in [2.24, 2.45) is 0 Å². The summed E-state index contributed by atoms with van der Waals surface area (Å²) in [6, 6.07) is 59.0. The van der Waals surface area contributed by atoms with Crippen LogP contribution in [0.3, 0.4) is 0 Å². The van der Waals surface area contributed by atoms with Gasteiger partial charge in [-0.2, -0.15) is 0 Å². The molecule has 0 saturated carbocycles. The predicted octanol–water partition coefficient (Wildman–Crippen LogP) is 14.3. The Morgan fingerprint density at radius 2 is 1.04 bits per heavy atom. The van der Waals surface area contributed by atoms with Crippen molar-refractivity contribution in [1.82, 2.24) is 0 Å². The Hall–Kier alpha value is -6.44. The van der Waals surface area contributed by atoms with Crippen LogP contribution in [0.1, 0.15) is 59.7 Å². The van der Waals surface area contributed by atoms with Crippen LogP contribution in [0.5, 0.6) is 0 Å². The van der Waals surface area contributed by atoms with Crippen LogP contribution in [0.4, 0.5) is 17.1 Å². The maximum absolute atomic E-state index is 4.02. The fourth-order valence-corrected chi connectivity index (χ4v) is 10.1. The number of benzene rings is 7. The van der Waals surface area contributed by atoms with Crippen LogP contribution in [-0.2, 0) is 10.8 Å². The smallest absolute Gasteiger partial charge is 0.0686 e. The normalized spacial score (nSPS) is 16.9. The fourth-order valence-electron chi connectivity index (χ4n) is 10.1. The molecule has 0 heterocycles. The van der Waals surface area contributed by atoms with Gasteiger partial charge < -0.3 is 4.90 Å². The Labute approximate surface area is 325 Å². The van der Waals surface area contributed by atoms with Crippen LogP contribution in [0, 0.1) is 6.92 Å². The van der Waals surface area contributed by atoms with Gasteiger partial charge in [0, 0.05) is 22.4 Å². The molecule has 3 aliphatic carbocycles. The lowest BCUT2D eigenvalue weighted by atomic mass is 9.70. The van der Waals surface area contributed by atoms with Gasteiger partial charge in [0.05, 0.1) is 11.1 Å². The highest BCUT2D eigenvalue weighted by atomic mass is 15.1. The standard InChI is InChI=1S/C54H43N/c1-6-7-19-40-36(3)54(48-24-15-12-21-42(40)48)50-32-35(2)26-29-45(50)46-31-28-39(34-51(46)54)55(52-25-16-13-20-41(52)37-17-9-8-10-18-37)38-27-30-44-43-22-11-14-23-47(43)53(4,5)49(44)33-38/h6-34H,1H2,2-5H3/b19-7-. The number of nitrogens with zero attached hydrogens (tertiary/aromatic N) is 1. The number of para-hydroxylation sites is 1. The second kappa shape index (κ2) is 12.3. The number of fused-ring (bicyclic) bond motifs is 10. The molecular formula is C54H43N. The summed E-state index contributed by atoms with van der Waals surface area (Å²) in [4.78, 5) is 2.50. The molecule has 0 saturated heterocycles. The first-order valence-electron chi connectivity index (χ1n) is 19.4. The SMILES string of the molecule is C=C/C=C\C1=C(C)C2(c3ccccc31)c1cc(C)ccc1-c1ccc(N(c3ccc4c(c3)C(C)(C)c3ccccc3-4)c3ccccc3-c3ccccc3)cc12. The first-order chi connectivity index (χ1) is 26.8. The van der Waals surface area contributed by atoms with Gasteiger partial charge in [-0.3, -0.25) is 0 Å². The Balaban J connectivity index is 1.26. The molecule has 1 nitrogen and oxygen atoms in total. The monoisotopic (exact) mass is 705 g/mol. The third kappa shape index (κ3) is 4.66. The van der Waals surface area contributed by atoms with Gasteiger partial charge in [0.25, 0.3) is 0 Å². The Kier molecular flexibility index (Phi) is 7.41. The van der Waals surface area contributed by atoms with Gasteiger partial charge in [-0.25, -0.2) is 0 Å². The summed E-state index contributed by atoms with van der Waals surface area (Å²) in [5.74, 6) is 0. The fraction of sp³-hybridized carbons (Fsp3) is 0.111. The van der Waals surface area contributed by atoms with Gasteiger partial charge in [0.2, 0.25) is 0 Å². The number of anilines is 3. The summed E-state index contributed by atoms with van der Waals surface area (Å²) in [6.45, 7) is 13.3. The molecule has 1 spiro atoms. The molecule has 1 atom stereocenters. The van der Waals surface area contributed by atoms with Crippen molar-refractivity contribution < 1.29 is 0 Å². The molecule has 0 fully saturated rings. The van der Waals surface area contributed by atoms with Gasteiger partial charge in [-0.15, -0.1) is 0 Å². The van der Waals surface area contributed by atoms with Crippen molar-refractivity contribution >= 4 is 22.6 Å². The summed E-state index contributed by atoms with van der Waals surface area (Å²) in [5, 5.41) is 0. The number of hydrogen-bond donors (Lipinski definition) is 0. The van der Waals surface area contributed by atoms with E-state index in [2.05, 4.69) is 209 Å².